The van der Waals surface area contributed by atoms with Crippen LogP contribution in [0.3, 0.4) is 0 Å². The average Bonchev–Trinajstić information content (AvgIpc) is 2.60. The van der Waals surface area contributed by atoms with Gasteiger partial charge in [0.05, 0.1) is 6.10 Å². The fourth-order valence-corrected chi connectivity index (χ4v) is 17.4. The van der Waals surface area contributed by atoms with E-state index in [1.165, 1.54) is 0 Å². The molecule has 8 heteroatoms. The van der Waals surface area contributed by atoms with E-state index in [9.17, 15) is 0 Å². The first-order valence-electron chi connectivity index (χ1n) is 11.6. The summed E-state index contributed by atoms with van der Waals surface area (Å²) in [6.45, 7) is 21.8. The Morgan fingerprint density at radius 3 is 1.73 bits per heavy atom. The molecule has 0 spiro atoms. The third kappa shape index (κ3) is 8.77. The first-order valence-corrected chi connectivity index (χ1v) is 20.4. The van der Waals surface area contributed by atoms with Crippen LogP contribution in [0.15, 0.2) is 0 Å². The summed E-state index contributed by atoms with van der Waals surface area (Å²) < 4.78 is 24.5. The lowest BCUT2D eigenvalue weighted by atomic mass is 9.79. The standard InChI is InChI=1S/C22H51NO4Si3/c1-21(2)18-20(19-22(3,4)23(21)5)26-14-13-15-28(8,9)27-29(10,11)16-17-30(12,24-6)25-7/h20H,13-19H2,1-12H3. The highest BCUT2D eigenvalue weighted by Crippen LogP contribution is 2.38. The highest BCUT2D eigenvalue weighted by molar-refractivity contribution is 6.85. The molecule has 1 fully saturated rings. The van der Waals surface area contributed by atoms with Crippen LogP contribution in [0.1, 0.15) is 47.0 Å². The number of ether oxygens (including phenoxy) is 1. The van der Waals surface area contributed by atoms with Gasteiger partial charge in [-0.3, -0.25) is 4.90 Å². The normalized spacial score (nSPS) is 21.2. The zero-order valence-corrected chi connectivity index (χ0v) is 25.1. The van der Waals surface area contributed by atoms with Gasteiger partial charge < -0.3 is 17.7 Å². The van der Waals surface area contributed by atoms with Crippen LogP contribution in [-0.2, 0) is 17.7 Å². The van der Waals surface area contributed by atoms with Crippen molar-refractivity contribution in [3.63, 3.8) is 0 Å². The molecule has 0 aliphatic carbocycles. The Kier molecular flexibility index (Phi) is 10.1. The van der Waals surface area contributed by atoms with Crippen LogP contribution in [0.25, 0.3) is 0 Å². The summed E-state index contributed by atoms with van der Waals surface area (Å²) in [5.74, 6) is 0. The van der Waals surface area contributed by atoms with Gasteiger partial charge in [-0.05, 0) is 105 Å². The van der Waals surface area contributed by atoms with Gasteiger partial charge in [0.1, 0.15) is 0 Å². The quantitative estimate of drug-likeness (QED) is 0.261. The molecular formula is C22H51NO4Si3. The molecule has 0 aromatic carbocycles. The Labute approximate surface area is 190 Å². The van der Waals surface area contributed by atoms with Crippen LogP contribution in [0, 0.1) is 0 Å². The molecule has 180 valence electrons. The third-order valence-corrected chi connectivity index (χ3v) is 18.0. The van der Waals surface area contributed by atoms with E-state index in [2.05, 4.69) is 72.4 Å². The minimum Gasteiger partial charge on any atom is -0.456 e. The maximum Gasteiger partial charge on any atom is 0.334 e. The molecule has 0 aromatic rings. The third-order valence-electron chi connectivity index (χ3n) is 7.14. The van der Waals surface area contributed by atoms with Crippen molar-refractivity contribution in [1.29, 1.82) is 0 Å². The van der Waals surface area contributed by atoms with Gasteiger partial charge in [0, 0.05) is 31.9 Å². The summed E-state index contributed by atoms with van der Waals surface area (Å²) in [5, 5.41) is 0. The Morgan fingerprint density at radius 1 is 0.800 bits per heavy atom. The monoisotopic (exact) mass is 477 g/mol. The lowest BCUT2D eigenvalue weighted by molar-refractivity contribution is -0.0912. The topological polar surface area (TPSA) is 40.2 Å². The molecule has 1 aliphatic rings. The van der Waals surface area contributed by atoms with Crippen molar-refractivity contribution in [3.8, 4) is 0 Å². The van der Waals surface area contributed by atoms with Gasteiger partial charge in [-0.15, -0.1) is 0 Å². The largest absolute Gasteiger partial charge is 0.456 e. The minimum atomic E-state index is -2.01. The van der Waals surface area contributed by atoms with E-state index >= 15 is 0 Å². The molecule has 0 bridgehead atoms. The Bertz CT molecular complexity index is 518. The van der Waals surface area contributed by atoms with E-state index < -0.39 is 25.2 Å². The van der Waals surface area contributed by atoms with E-state index in [1.54, 1.807) is 14.2 Å². The second-order valence-corrected chi connectivity index (χ2v) is 24.3. The molecule has 5 nitrogen and oxygen atoms in total. The predicted molar refractivity (Wildman–Crippen MR) is 136 cm³/mol. The molecule has 1 rings (SSSR count). The second kappa shape index (κ2) is 10.6. The zero-order valence-electron chi connectivity index (χ0n) is 22.1. The lowest BCUT2D eigenvalue weighted by Crippen LogP contribution is -2.60. The summed E-state index contributed by atoms with van der Waals surface area (Å²) in [6, 6.07) is 3.27. The Balaban J connectivity index is 2.46. The van der Waals surface area contributed by atoms with Crippen molar-refractivity contribution in [3.05, 3.63) is 0 Å². The van der Waals surface area contributed by atoms with Gasteiger partial charge in [-0.25, -0.2) is 0 Å². The van der Waals surface area contributed by atoms with Crippen LogP contribution >= 0.6 is 0 Å². The number of piperidine rings is 1. The summed E-state index contributed by atoms with van der Waals surface area (Å²) in [7, 11) is 0.349. The summed E-state index contributed by atoms with van der Waals surface area (Å²) >= 11 is 0. The van der Waals surface area contributed by atoms with Crippen LogP contribution in [0.2, 0.25) is 50.9 Å². The molecule has 1 aliphatic heterocycles. The van der Waals surface area contributed by atoms with Crippen molar-refractivity contribution in [2.75, 3.05) is 27.9 Å². The van der Waals surface area contributed by atoms with Crippen molar-refractivity contribution in [2.24, 2.45) is 0 Å². The van der Waals surface area contributed by atoms with Gasteiger partial charge in [0.15, 0.2) is 16.6 Å². The minimum absolute atomic E-state index is 0.182. The summed E-state index contributed by atoms with van der Waals surface area (Å²) in [6.07, 6.45) is 3.66. The van der Waals surface area contributed by atoms with Crippen molar-refractivity contribution in [2.45, 2.75) is 115 Å². The molecule has 30 heavy (non-hydrogen) atoms. The van der Waals surface area contributed by atoms with Crippen LogP contribution in [-0.4, -0.2) is 75.2 Å². The number of likely N-dealkylation sites (tertiary alicyclic amines) is 1. The van der Waals surface area contributed by atoms with E-state index in [0.717, 1.165) is 44.0 Å². The SMILES string of the molecule is CO[Si](C)(CC[Si](C)(C)O[Si](C)(C)CCCOC1CC(C)(C)N(C)C(C)(C)C1)OC. The highest BCUT2D eigenvalue weighted by Gasteiger charge is 2.43. The van der Waals surface area contributed by atoms with Gasteiger partial charge in [0.2, 0.25) is 0 Å². The van der Waals surface area contributed by atoms with Crippen LogP contribution in [0.4, 0.5) is 0 Å². The molecule has 0 unspecified atom stereocenters. The van der Waals surface area contributed by atoms with E-state index in [1.807, 2.05) is 0 Å². The fraction of sp³-hybridized carbons (Fsp3) is 1.00. The van der Waals surface area contributed by atoms with Gasteiger partial charge in [-0.1, -0.05) is 0 Å². The molecule has 0 atom stereocenters. The second-order valence-electron chi connectivity index (χ2n) is 11.9. The Morgan fingerprint density at radius 2 is 1.27 bits per heavy atom. The van der Waals surface area contributed by atoms with Crippen molar-refractivity contribution in [1.82, 2.24) is 4.90 Å². The van der Waals surface area contributed by atoms with E-state index in [-0.39, 0.29) is 11.1 Å². The molecular weight excluding hydrogens is 427 g/mol. The van der Waals surface area contributed by atoms with Crippen LogP contribution < -0.4 is 0 Å². The number of hydrogen-bond acceptors (Lipinski definition) is 5. The van der Waals surface area contributed by atoms with E-state index in [4.69, 9.17) is 17.7 Å². The van der Waals surface area contributed by atoms with Gasteiger partial charge >= 0.3 is 8.56 Å². The molecule has 0 aromatic heterocycles. The average molecular weight is 478 g/mol. The predicted octanol–water partition coefficient (Wildman–Crippen LogP) is 5.84. The lowest BCUT2D eigenvalue weighted by Gasteiger charge is -2.53. The molecule has 0 amide bonds. The fourth-order valence-electron chi connectivity index (χ4n) is 4.81. The van der Waals surface area contributed by atoms with Crippen molar-refractivity contribution < 1.29 is 17.7 Å². The maximum atomic E-state index is 6.81. The molecule has 0 saturated carbocycles. The maximum absolute atomic E-state index is 6.81. The summed E-state index contributed by atoms with van der Waals surface area (Å²) in [4.78, 5) is 2.51. The molecule has 0 N–H and O–H groups in total. The van der Waals surface area contributed by atoms with E-state index in [0.29, 0.717) is 6.10 Å². The van der Waals surface area contributed by atoms with Gasteiger partial charge in [0.25, 0.3) is 0 Å². The number of nitrogens with zero attached hydrogens (tertiary/aromatic N) is 1. The molecule has 0 radical (unpaired) electrons. The van der Waals surface area contributed by atoms with Crippen molar-refractivity contribution >= 4 is 25.2 Å². The van der Waals surface area contributed by atoms with Crippen LogP contribution in [0.5, 0.6) is 0 Å². The van der Waals surface area contributed by atoms with Gasteiger partial charge in [-0.2, -0.15) is 0 Å². The molecule has 1 heterocycles. The smallest absolute Gasteiger partial charge is 0.334 e. The Hall–Kier alpha value is 0.451. The first-order chi connectivity index (χ1) is 13.5. The number of rotatable bonds is 12. The molecule has 1 saturated heterocycles. The highest BCUT2D eigenvalue weighted by atomic mass is 28.4. The summed E-state index contributed by atoms with van der Waals surface area (Å²) in [5.41, 5.74) is 0.364. The zero-order chi connectivity index (χ0) is 23.4. The number of hydrogen-bond donors (Lipinski definition) is 0. The first kappa shape index (κ1) is 28.5.